The summed E-state index contributed by atoms with van der Waals surface area (Å²) < 4.78 is 0.218. The molecule has 0 N–H and O–H groups in total. The van der Waals surface area contributed by atoms with E-state index in [1.165, 1.54) is 144 Å². The van der Waals surface area contributed by atoms with Gasteiger partial charge in [0.05, 0.1) is 0 Å². The fourth-order valence-corrected chi connectivity index (χ4v) is 49.9. The Labute approximate surface area is 376 Å². The molecule has 0 nitrogen and oxygen atoms in total. The van der Waals surface area contributed by atoms with Crippen molar-refractivity contribution < 1.29 is 15.6 Å². The van der Waals surface area contributed by atoms with Crippen molar-refractivity contribution in [3.63, 3.8) is 0 Å². The van der Waals surface area contributed by atoms with E-state index in [9.17, 15) is 0 Å². The van der Waals surface area contributed by atoms with Crippen LogP contribution in [-0.4, -0.2) is 5.92 Å². The molecular weight excluding hydrogens is 875 g/mol. The quantitative estimate of drug-likeness (QED) is 0.154. The van der Waals surface area contributed by atoms with Crippen LogP contribution in [0, 0.1) is 49.4 Å². The molecule has 0 aliphatic heterocycles. The minimum atomic E-state index is -4.91. The third-order valence-corrected chi connectivity index (χ3v) is 71.4. The van der Waals surface area contributed by atoms with Gasteiger partial charge in [0.2, 0.25) is 0 Å². The van der Waals surface area contributed by atoms with E-state index in [-0.39, 0.29) is 7.25 Å². The van der Waals surface area contributed by atoms with Gasteiger partial charge in [-0.3, -0.25) is 0 Å². The zero-order valence-electron chi connectivity index (χ0n) is 37.7. The molecule has 2 atom stereocenters. The average Bonchev–Trinajstić information content (AvgIpc) is 3.81. The Balaban J connectivity index is 0.920. The number of hydrogen-bond donors (Lipinski definition) is 0. The summed E-state index contributed by atoms with van der Waals surface area (Å²) in [5.74, 6) is 4.08. The van der Waals surface area contributed by atoms with Gasteiger partial charge in [0, 0.05) is 0 Å². The standard InChI is InChI=1S/C28H31.C27H29.C2H7Si.2ClH.Zr/c1-3-19-13-26-18(2)4-9-25(27(26)14-19)23-5-7-24(8-6-23)28-15-20-10-21(16-28)12-22(11-20)17-28;1-17-9-25-18(2)3-8-24(26(25)10-17)22-4-6-23(7-5-22)27-14-19-11-20(15-27)13-21(12-19)16-27;1-3-2;;;/h4-9,13-14,20-22H,3,10-12,15-17H2,1-2H3;3-10,19-21H,11-16H2,1-2H3;3H,1-2H3;2*1H;/q;;;;;+2/p-2. The van der Waals surface area contributed by atoms with E-state index in [1.54, 1.807) is 11.1 Å². The van der Waals surface area contributed by atoms with Crippen LogP contribution in [0.25, 0.3) is 34.4 Å². The van der Waals surface area contributed by atoms with Crippen LogP contribution in [0.15, 0.2) is 83.9 Å². The van der Waals surface area contributed by atoms with Crippen molar-refractivity contribution in [1.29, 1.82) is 0 Å². The Morgan fingerprint density at radius 1 is 0.525 bits per heavy atom. The number of fused-ring (bicyclic) bond motifs is 2. The van der Waals surface area contributed by atoms with Gasteiger partial charge in [0.1, 0.15) is 0 Å². The molecule has 14 rings (SSSR count). The second kappa shape index (κ2) is 14.0. The zero-order valence-corrected chi connectivity index (χ0v) is 42.9. The van der Waals surface area contributed by atoms with Crippen molar-refractivity contribution in [2.75, 3.05) is 0 Å². The van der Waals surface area contributed by atoms with Crippen LogP contribution >= 0.6 is 17.0 Å². The molecule has 4 aromatic rings. The van der Waals surface area contributed by atoms with E-state index in [4.69, 9.17) is 17.0 Å². The summed E-state index contributed by atoms with van der Waals surface area (Å²) in [5, 5.41) is 0. The molecule has 0 saturated heterocycles. The van der Waals surface area contributed by atoms with Crippen LogP contribution in [0.5, 0.6) is 0 Å². The Morgan fingerprint density at radius 3 is 1.28 bits per heavy atom. The number of hydrogen-bond acceptors (Lipinski definition) is 0. The molecule has 0 heterocycles. The second-order valence-corrected chi connectivity index (χ2v) is 65.8. The monoisotopic (exact) mass is 939 g/mol. The van der Waals surface area contributed by atoms with Crippen LogP contribution in [-0.2, 0) is 26.4 Å². The first kappa shape index (κ1) is 40.5. The molecule has 10 aliphatic carbocycles. The third-order valence-electron chi connectivity index (χ3n) is 19.4. The van der Waals surface area contributed by atoms with Gasteiger partial charge >= 0.3 is 379 Å². The number of aryl methyl sites for hydroxylation is 2. The molecule has 10 aliphatic rings. The summed E-state index contributed by atoms with van der Waals surface area (Å²) in [6.07, 6.45) is 23.5. The molecule has 0 amide bonds. The van der Waals surface area contributed by atoms with Gasteiger partial charge in [0.15, 0.2) is 0 Å². The number of benzene rings is 4. The Kier molecular flexibility index (Phi) is 9.32. The van der Waals surface area contributed by atoms with Gasteiger partial charge < -0.3 is 0 Å². The number of rotatable bonds is 8. The summed E-state index contributed by atoms with van der Waals surface area (Å²) >= 11 is -4.91. The summed E-state index contributed by atoms with van der Waals surface area (Å²) in [6.45, 7) is 14.4. The van der Waals surface area contributed by atoms with E-state index in [0.29, 0.717) is 10.8 Å². The van der Waals surface area contributed by atoms with Crippen LogP contribution < -0.4 is 0 Å². The van der Waals surface area contributed by atoms with Gasteiger partial charge in [-0.1, -0.05) is 0 Å². The van der Waals surface area contributed by atoms with Crippen molar-refractivity contribution >= 4 is 35.1 Å². The van der Waals surface area contributed by atoms with Crippen LogP contribution in [0.1, 0.15) is 149 Å². The molecule has 61 heavy (non-hydrogen) atoms. The molecule has 0 spiro atoms. The molecule has 8 saturated carbocycles. The maximum absolute atomic E-state index is 8.90. The van der Waals surface area contributed by atoms with E-state index in [0.717, 1.165) is 41.9 Å². The summed E-state index contributed by atoms with van der Waals surface area (Å²) in [4.78, 5) is 0. The first-order valence-electron chi connectivity index (χ1n) is 24.7. The Morgan fingerprint density at radius 2 is 0.902 bits per heavy atom. The summed E-state index contributed by atoms with van der Waals surface area (Å²) in [5.41, 5.74) is 20.7. The molecule has 2 unspecified atom stereocenters. The average molecular weight is 942 g/mol. The van der Waals surface area contributed by atoms with Gasteiger partial charge in [-0.15, -0.1) is 0 Å². The molecule has 317 valence electrons. The number of allylic oxidation sites excluding steroid dienone is 2. The minimum absolute atomic E-state index is 0.103. The zero-order chi connectivity index (χ0) is 41.8. The van der Waals surface area contributed by atoms with Gasteiger partial charge in [-0.2, -0.15) is 0 Å². The van der Waals surface area contributed by atoms with E-state index in [1.807, 2.05) is 0 Å². The molecule has 4 aromatic carbocycles. The SMILES string of the molecule is CCC1=Cc2c(-c3ccc(C45CC6CC(CC(C6)C4)C5)cc3)ccc(C)c2[CH]1[Zr]([Cl])([Cl])([CH]1C(C)=Cc2c(-c3ccc(C45CC6CC(CC(C6)C4)C5)cc3)ccc(C)c21)[SiH](C)C. The van der Waals surface area contributed by atoms with Gasteiger partial charge in [-0.25, -0.2) is 0 Å². The third kappa shape index (κ3) is 5.88. The molecule has 0 radical (unpaired) electrons. The van der Waals surface area contributed by atoms with E-state index >= 15 is 0 Å². The fraction of sp³-hybridized carbons (Fsp3) is 0.509. The van der Waals surface area contributed by atoms with E-state index in [2.05, 4.69) is 126 Å². The summed E-state index contributed by atoms with van der Waals surface area (Å²) in [6, 6.07) is 29.6. The Hall–Kier alpha value is -1.96. The molecule has 4 heteroatoms. The van der Waals surface area contributed by atoms with Gasteiger partial charge in [0.25, 0.3) is 0 Å². The van der Waals surface area contributed by atoms with Gasteiger partial charge in [-0.05, 0) is 0 Å². The van der Waals surface area contributed by atoms with Crippen molar-refractivity contribution in [1.82, 2.24) is 0 Å². The first-order valence-corrected chi connectivity index (χ1v) is 41.0. The molecular formula is C57H67Cl2SiZr. The first-order chi connectivity index (χ1) is 29.3. The molecule has 8 fully saturated rings. The Bertz CT molecular complexity index is 2470. The molecule has 8 bridgehead atoms. The van der Waals surface area contributed by atoms with E-state index < -0.39 is 21.5 Å². The maximum atomic E-state index is 8.90. The van der Waals surface area contributed by atoms with Crippen molar-refractivity contribution in [3.8, 4) is 22.3 Å². The summed E-state index contributed by atoms with van der Waals surface area (Å²) in [7, 11) is 17.8. The molecule has 0 aromatic heterocycles. The number of halogens is 2. The van der Waals surface area contributed by atoms with Crippen molar-refractivity contribution in [2.24, 2.45) is 35.5 Å². The van der Waals surface area contributed by atoms with Crippen molar-refractivity contribution in [3.05, 3.63) is 128 Å². The normalized spacial score (nSPS) is 34.7. The topological polar surface area (TPSA) is 0 Å². The van der Waals surface area contributed by atoms with Crippen molar-refractivity contribution in [2.45, 2.75) is 142 Å². The predicted molar refractivity (Wildman–Crippen MR) is 261 cm³/mol. The van der Waals surface area contributed by atoms with Crippen LogP contribution in [0.2, 0.25) is 13.1 Å². The predicted octanol–water partition coefficient (Wildman–Crippen LogP) is 16.6. The van der Waals surface area contributed by atoms with Crippen LogP contribution in [0.4, 0.5) is 0 Å². The van der Waals surface area contributed by atoms with Crippen LogP contribution in [0.3, 0.4) is 0 Å². The fourth-order valence-electron chi connectivity index (χ4n) is 17.5. The second-order valence-electron chi connectivity index (χ2n) is 23.3.